The Morgan fingerprint density at radius 2 is 2.19 bits per heavy atom. The zero-order valence-corrected chi connectivity index (χ0v) is 13.7. The number of nitrogens with one attached hydrogen (secondary N) is 1. The van der Waals surface area contributed by atoms with Gasteiger partial charge in [0.05, 0.1) is 5.69 Å². The van der Waals surface area contributed by atoms with Crippen LogP contribution in [-0.2, 0) is 20.0 Å². The van der Waals surface area contributed by atoms with E-state index in [1.54, 1.807) is 0 Å². The van der Waals surface area contributed by atoms with Gasteiger partial charge in [0.15, 0.2) is 0 Å². The molecule has 0 fully saturated rings. The molecule has 0 unspecified atom stereocenters. The van der Waals surface area contributed by atoms with Crippen LogP contribution in [0.3, 0.4) is 0 Å². The smallest absolute Gasteiger partial charge is 0.144 e. The van der Waals surface area contributed by atoms with Gasteiger partial charge in [0.1, 0.15) is 5.84 Å². The van der Waals surface area contributed by atoms with Crippen LogP contribution >= 0.6 is 0 Å². The molecule has 21 heavy (non-hydrogen) atoms. The van der Waals surface area contributed by atoms with Gasteiger partial charge in [-0.2, -0.15) is 5.10 Å². The molecule has 0 saturated heterocycles. The highest BCUT2D eigenvalue weighted by Crippen LogP contribution is 2.23. The van der Waals surface area contributed by atoms with Crippen molar-refractivity contribution in [3.8, 4) is 0 Å². The van der Waals surface area contributed by atoms with Crippen molar-refractivity contribution >= 4 is 5.84 Å². The van der Waals surface area contributed by atoms with E-state index >= 15 is 0 Å². The summed E-state index contributed by atoms with van der Waals surface area (Å²) in [6.45, 7) is 7.95. The van der Waals surface area contributed by atoms with Crippen molar-refractivity contribution in [3.63, 3.8) is 0 Å². The van der Waals surface area contributed by atoms with Crippen LogP contribution in [0.1, 0.15) is 51.3 Å². The maximum Gasteiger partial charge on any atom is 0.144 e. The second kappa shape index (κ2) is 8.02. The summed E-state index contributed by atoms with van der Waals surface area (Å²) in [6.07, 6.45) is 6.07. The molecular weight excluding hydrogens is 266 g/mol. The summed E-state index contributed by atoms with van der Waals surface area (Å²) in [5.74, 6) is 0.304. The molecule has 1 rings (SSSR count). The second-order valence-corrected chi connectivity index (χ2v) is 6.13. The summed E-state index contributed by atoms with van der Waals surface area (Å²) >= 11 is 0. The quantitative estimate of drug-likeness (QED) is 0.214. The molecule has 1 aromatic rings. The molecule has 1 aromatic heterocycles. The van der Waals surface area contributed by atoms with Crippen LogP contribution in [0.5, 0.6) is 0 Å². The number of hydrogen-bond donors (Lipinski definition) is 3. The lowest BCUT2D eigenvalue weighted by Crippen LogP contribution is -2.32. The van der Waals surface area contributed by atoms with E-state index in [1.807, 2.05) is 25.6 Å². The zero-order valence-electron chi connectivity index (χ0n) is 13.7. The van der Waals surface area contributed by atoms with E-state index in [9.17, 15) is 0 Å². The minimum absolute atomic E-state index is 0.243. The number of aromatic nitrogens is 2. The van der Waals surface area contributed by atoms with Gasteiger partial charge in [-0.05, 0) is 25.8 Å². The monoisotopic (exact) mass is 295 g/mol. The number of aryl methyl sites for hydroxylation is 2. The average Bonchev–Trinajstić information content (AvgIpc) is 2.81. The van der Waals surface area contributed by atoms with Gasteiger partial charge < -0.3 is 16.3 Å². The molecule has 0 aliphatic carbocycles. The molecule has 6 heteroatoms. The summed E-state index contributed by atoms with van der Waals surface area (Å²) in [4.78, 5) is 0. The van der Waals surface area contributed by atoms with Gasteiger partial charge in [-0.3, -0.25) is 4.68 Å². The van der Waals surface area contributed by atoms with Gasteiger partial charge >= 0.3 is 0 Å². The first kappa shape index (κ1) is 17.5. The molecule has 0 aliphatic rings. The van der Waals surface area contributed by atoms with Crippen LogP contribution < -0.4 is 11.1 Å². The molecule has 1 heterocycles. The third-order valence-corrected chi connectivity index (χ3v) is 3.85. The van der Waals surface area contributed by atoms with Crippen LogP contribution in [0.4, 0.5) is 0 Å². The average molecular weight is 295 g/mol. The molecule has 0 bridgehead atoms. The first-order valence-corrected chi connectivity index (χ1v) is 7.60. The van der Waals surface area contributed by atoms with Gasteiger partial charge in [-0.25, -0.2) is 0 Å². The van der Waals surface area contributed by atoms with Crippen LogP contribution in [0.15, 0.2) is 11.4 Å². The van der Waals surface area contributed by atoms with Gasteiger partial charge in [0, 0.05) is 30.8 Å². The van der Waals surface area contributed by atoms with E-state index in [1.165, 1.54) is 5.56 Å². The highest BCUT2D eigenvalue weighted by atomic mass is 16.4. The van der Waals surface area contributed by atoms with Crippen molar-refractivity contribution in [1.29, 1.82) is 0 Å². The molecule has 0 amide bonds. The largest absolute Gasteiger partial charge is 0.409 e. The number of nitrogens with two attached hydrogens (primary N) is 1. The van der Waals surface area contributed by atoms with Crippen molar-refractivity contribution in [2.45, 2.75) is 53.0 Å². The lowest BCUT2D eigenvalue weighted by atomic mass is 9.86. The van der Waals surface area contributed by atoms with E-state index in [0.717, 1.165) is 44.5 Å². The SMILES string of the molecule is CCc1nn(C)cc1CNCCCCC(C)(C)/C(N)=N/O. The van der Waals surface area contributed by atoms with Crippen molar-refractivity contribution in [1.82, 2.24) is 15.1 Å². The van der Waals surface area contributed by atoms with E-state index in [2.05, 4.69) is 28.7 Å². The van der Waals surface area contributed by atoms with Gasteiger partial charge in [-0.15, -0.1) is 0 Å². The number of hydrogen-bond acceptors (Lipinski definition) is 4. The number of oxime groups is 1. The van der Waals surface area contributed by atoms with E-state index < -0.39 is 0 Å². The number of unbranched alkanes of at least 4 members (excludes halogenated alkanes) is 1. The maximum atomic E-state index is 8.73. The van der Waals surface area contributed by atoms with Gasteiger partial charge in [0.2, 0.25) is 0 Å². The molecule has 0 atom stereocenters. The Kier molecular flexibility index (Phi) is 6.68. The van der Waals surface area contributed by atoms with Crippen molar-refractivity contribution in [2.24, 2.45) is 23.4 Å². The fourth-order valence-corrected chi connectivity index (χ4v) is 2.33. The normalized spacial score (nSPS) is 12.9. The van der Waals surface area contributed by atoms with E-state index in [-0.39, 0.29) is 5.41 Å². The topological polar surface area (TPSA) is 88.5 Å². The highest BCUT2D eigenvalue weighted by Gasteiger charge is 2.22. The minimum Gasteiger partial charge on any atom is -0.409 e. The third-order valence-electron chi connectivity index (χ3n) is 3.85. The highest BCUT2D eigenvalue weighted by molar-refractivity contribution is 5.85. The van der Waals surface area contributed by atoms with Crippen LogP contribution in [0.25, 0.3) is 0 Å². The molecule has 0 aliphatic heterocycles. The predicted octanol–water partition coefficient (Wildman–Crippen LogP) is 2.02. The first-order chi connectivity index (χ1) is 9.90. The number of rotatable bonds is 9. The Hall–Kier alpha value is -1.56. The predicted molar refractivity (Wildman–Crippen MR) is 85.3 cm³/mol. The van der Waals surface area contributed by atoms with Crippen LogP contribution in [-0.4, -0.2) is 27.4 Å². The first-order valence-electron chi connectivity index (χ1n) is 7.60. The Bertz CT molecular complexity index is 465. The Labute approximate surface area is 127 Å². The van der Waals surface area contributed by atoms with E-state index in [0.29, 0.717) is 5.84 Å². The standard InChI is InChI=1S/C15H29N5O/c1-5-13-12(11-20(4)18-13)10-17-9-7-6-8-15(2,3)14(16)19-21/h11,17,21H,5-10H2,1-4H3,(H2,16,19). The fourth-order valence-electron chi connectivity index (χ4n) is 2.33. The molecule has 4 N–H and O–H groups in total. The molecular formula is C15H29N5O. The minimum atomic E-state index is -0.243. The summed E-state index contributed by atoms with van der Waals surface area (Å²) in [5, 5.41) is 19.7. The zero-order chi connectivity index (χ0) is 15.9. The second-order valence-electron chi connectivity index (χ2n) is 6.13. The lowest BCUT2D eigenvalue weighted by molar-refractivity contribution is 0.304. The third kappa shape index (κ3) is 5.38. The number of nitrogens with zero attached hydrogens (tertiary/aromatic N) is 3. The Morgan fingerprint density at radius 1 is 1.48 bits per heavy atom. The van der Waals surface area contributed by atoms with Gasteiger partial charge in [0.25, 0.3) is 0 Å². The molecule has 0 saturated carbocycles. The molecule has 0 radical (unpaired) electrons. The van der Waals surface area contributed by atoms with Crippen molar-refractivity contribution in [3.05, 3.63) is 17.5 Å². The summed E-state index contributed by atoms with van der Waals surface area (Å²) in [5.41, 5.74) is 7.87. The molecule has 0 aromatic carbocycles. The lowest BCUT2D eigenvalue weighted by Gasteiger charge is -2.22. The molecule has 6 nitrogen and oxygen atoms in total. The van der Waals surface area contributed by atoms with Crippen molar-refractivity contribution in [2.75, 3.05) is 6.54 Å². The van der Waals surface area contributed by atoms with Gasteiger partial charge in [-0.1, -0.05) is 32.3 Å². The fraction of sp³-hybridized carbons (Fsp3) is 0.733. The van der Waals surface area contributed by atoms with Crippen LogP contribution in [0.2, 0.25) is 0 Å². The van der Waals surface area contributed by atoms with E-state index in [4.69, 9.17) is 10.9 Å². The van der Waals surface area contributed by atoms with Crippen molar-refractivity contribution < 1.29 is 5.21 Å². The summed E-state index contributed by atoms with van der Waals surface area (Å²) in [7, 11) is 1.96. The van der Waals surface area contributed by atoms with Crippen LogP contribution in [0, 0.1) is 5.41 Å². The molecule has 0 spiro atoms. The number of amidine groups is 1. The Morgan fingerprint density at radius 3 is 2.81 bits per heavy atom. The summed E-state index contributed by atoms with van der Waals surface area (Å²) in [6, 6.07) is 0. The maximum absolute atomic E-state index is 8.73. The Balaban J connectivity index is 2.23. The molecule has 120 valence electrons. The summed E-state index contributed by atoms with van der Waals surface area (Å²) < 4.78 is 1.87.